The number of hydrogen-bond acceptors (Lipinski definition) is 3. The summed E-state index contributed by atoms with van der Waals surface area (Å²) in [6, 6.07) is 2.24. The van der Waals surface area contributed by atoms with E-state index in [9.17, 15) is 14.9 Å². The lowest BCUT2D eigenvalue weighted by atomic mass is 9.78. The molecule has 112 valence electrons. The highest BCUT2D eigenvalue weighted by Crippen LogP contribution is 2.34. The largest absolute Gasteiger partial charge is 0.352 e. The van der Waals surface area contributed by atoms with Gasteiger partial charge in [-0.2, -0.15) is 5.26 Å². The SMILES string of the molecule is CCCC(C#N)(CCC)C(=O)N1CCNC(=O)C1(C)C. The predicted octanol–water partition coefficient (Wildman–Crippen LogP) is 1.83. The first kappa shape index (κ1) is 16.5. The number of carbonyl (C=O) groups is 2. The maximum atomic E-state index is 12.9. The van der Waals surface area contributed by atoms with Gasteiger partial charge in [0.05, 0.1) is 6.07 Å². The molecule has 1 heterocycles. The zero-order valence-corrected chi connectivity index (χ0v) is 13.0. The van der Waals surface area contributed by atoms with Crippen LogP contribution >= 0.6 is 0 Å². The molecular weight excluding hydrogens is 254 g/mol. The first-order valence-corrected chi connectivity index (χ1v) is 7.37. The number of nitriles is 1. The Balaban J connectivity index is 3.11. The van der Waals surface area contributed by atoms with Gasteiger partial charge in [-0.05, 0) is 26.7 Å². The van der Waals surface area contributed by atoms with Crippen LogP contribution in [0.1, 0.15) is 53.4 Å². The van der Waals surface area contributed by atoms with E-state index in [1.165, 1.54) is 0 Å². The molecule has 5 heteroatoms. The van der Waals surface area contributed by atoms with E-state index >= 15 is 0 Å². The van der Waals surface area contributed by atoms with Gasteiger partial charge in [-0.1, -0.05) is 26.7 Å². The van der Waals surface area contributed by atoms with Gasteiger partial charge in [-0.25, -0.2) is 0 Å². The normalized spacial score (nSPS) is 18.4. The van der Waals surface area contributed by atoms with Gasteiger partial charge in [-0.3, -0.25) is 9.59 Å². The molecule has 20 heavy (non-hydrogen) atoms. The molecule has 1 fully saturated rings. The fraction of sp³-hybridized carbons (Fsp3) is 0.800. The van der Waals surface area contributed by atoms with Crippen molar-refractivity contribution in [2.45, 2.75) is 58.9 Å². The van der Waals surface area contributed by atoms with Crippen molar-refractivity contribution in [1.29, 1.82) is 5.26 Å². The quantitative estimate of drug-likeness (QED) is 0.834. The summed E-state index contributed by atoms with van der Waals surface area (Å²) in [7, 11) is 0. The Hall–Kier alpha value is -1.57. The van der Waals surface area contributed by atoms with E-state index in [2.05, 4.69) is 11.4 Å². The molecule has 0 radical (unpaired) electrons. The van der Waals surface area contributed by atoms with E-state index in [0.717, 1.165) is 12.8 Å². The van der Waals surface area contributed by atoms with Crippen LogP contribution in [0.3, 0.4) is 0 Å². The smallest absolute Gasteiger partial charge is 0.245 e. The first-order chi connectivity index (χ1) is 9.35. The lowest BCUT2D eigenvalue weighted by Gasteiger charge is -2.44. The summed E-state index contributed by atoms with van der Waals surface area (Å²) >= 11 is 0. The number of piperazine rings is 1. The number of nitrogens with one attached hydrogen (secondary N) is 1. The summed E-state index contributed by atoms with van der Waals surface area (Å²) in [6.45, 7) is 8.34. The summed E-state index contributed by atoms with van der Waals surface area (Å²) in [5.41, 5.74) is -1.88. The third-order valence-electron chi connectivity index (χ3n) is 4.07. The molecule has 1 aliphatic rings. The van der Waals surface area contributed by atoms with E-state index in [1.807, 2.05) is 13.8 Å². The molecule has 0 aromatic carbocycles. The van der Waals surface area contributed by atoms with Gasteiger partial charge in [0.15, 0.2) is 0 Å². The number of hydrogen-bond donors (Lipinski definition) is 1. The van der Waals surface area contributed by atoms with Crippen LogP contribution in [0.25, 0.3) is 0 Å². The van der Waals surface area contributed by atoms with Crippen molar-refractivity contribution in [3.05, 3.63) is 0 Å². The van der Waals surface area contributed by atoms with Crippen molar-refractivity contribution in [3.8, 4) is 6.07 Å². The first-order valence-electron chi connectivity index (χ1n) is 7.37. The van der Waals surface area contributed by atoms with Crippen LogP contribution in [0.2, 0.25) is 0 Å². The van der Waals surface area contributed by atoms with Crippen LogP contribution in [0.4, 0.5) is 0 Å². The second kappa shape index (κ2) is 6.25. The van der Waals surface area contributed by atoms with Gasteiger partial charge in [0.2, 0.25) is 11.8 Å². The molecule has 5 nitrogen and oxygen atoms in total. The maximum absolute atomic E-state index is 12.9. The monoisotopic (exact) mass is 279 g/mol. The molecule has 1 N–H and O–H groups in total. The van der Waals surface area contributed by atoms with Gasteiger partial charge < -0.3 is 10.2 Å². The molecule has 0 saturated carbocycles. The molecule has 1 aliphatic heterocycles. The van der Waals surface area contributed by atoms with Crippen LogP contribution in [0.15, 0.2) is 0 Å². The maximum Gasteiger partial charge on any atom is 0.245 e. The average molecular weight is 279 g/mol. The summed E-state index contributed by atoms with van der Waals surface area (Å²) in [5.74, 6) is -0.347. The van der Waals surface area contributed by atoms with E-state index in [1.54, 1.807) is 18.7 Å². The van der Waals surface area contributed by atoms with Crippen LogP contribution < -0.4 is 5.32 Å². The van der Waals surface area contributed by atoms with Crippen molar-refractivity contribution in [2.75, 3.05) is 13.1 Å². The highest BCUT2D eigenvalue weighted by Gasteiger charge is 2.48. The fourth-order valence-corrected chi connectivity index (χ4v) is 2.87. The minimum absolute atomic E-state index is 0.156. The Morgan fingerprint density at radius 1 is 1.40 bits per heavy atom. The van der Waals surface area contributed by atoms with Crippen molar-refractivity contribution in [1.82, 2.24) is 10.2 Å². The topological polar surface area (TPSA) is 73.2 Å². The van der Waals surface area contributed by atoms with Crippen LogP contribution in [0.5, 0.6) is 0 Å². The molecule has 0 aromatic rings. The molecule has 0 aliphatic carbocycles. The second-order valence-electron chi connectivity index (χ2n) is 5.97. The standard InChI is InChI=1S/C15H25N3O2/c1-5-7-15(11-16,8-6-2)13(20)18-10-9-17-12(19)14(18,3)4/h5-10H2,1-4H3,(H,17,19). The van der Waals surface area contributed by atoms with Gasteiger partial charge in [0.25, 0.3) is 0 Å². The van der Waals surface area contributed by atoms with E-state index < -0.39 is 11.0 Å². The summed E-state index contributed by atoms with van der Waals surface area (Å²) in [5, 5.41) is 12.4. The van der Waals surface area contributed by atoms with Crippen molar-refractivity contribution in [2.24, 2.45) is 5.41 Å². The Labute approximate surface area is 121 Å². The number of amides is 2. The van der Waals surface area contributed by atoms with Gasteiger partial charge in [0, 0.05) is 13.1 Å². The molecule has 0 unspecified atom stereocenters. The minimum atomic E-state index is -0.988. The lowest BCUT2D eigenvalue weighted by Crippen LogP contribution is -2.65. The van der Waals surface area contributed by atoms with Gasteiger partial charge in [0.1, 0.15) is 11.0 Å². The zero-order valence-electron chi connectivity index (χ0n) is 13.0. The molecule has 0 aromatic heterocycles. The predicted molar refractivity (Wildman–Crippen MR) is 76.7 cm³/mol. The molecule has 0 spiro atoms. The summed E-state index contributed by atoms with van der Waals surface area (Å²) in [6.07, 6.45) is 2.65. The van der Waals surface area contributed by atoms with Crippen molar-refractivity contribution in [3.63, 3.8) is 0 Å². The molecular formula is C15H25N3O2. The number of rotatable bonds is 5. The molecule has 1 saturated heterocycles. The third-order valence-corrected chi connectivity index (χ3v) is 4.07. The highest BCUT2D eigenvalue weighted by molar-refractivity contribution is 5.94. The van der Waals surface area contributed by atoms with Crippen LogP contribution in [0, 0.1) is 16.7 Å². The molecule has 1 rings (SSSR count). The van der Waals surface area contributed by atoms with Gasteiger partial charge >= 0.3 is 0 Å². The van der Waals surface area contributed by atoms with E-state index in [4.69, 9.17) is 0 Å². The average Bonchev–Trinajstić information content (AvgIpc) is 2.40. The molecule has 0 atom stereocenters. The van der Waals surface area contributed by atoms with E-state index in [-0.39, 0.29) is 11.8 Å². The van der Waals surface area contributed by atoms with Gasteiger partial charge in [-0.15, -0.1) is 0 Å². The van der Waals surface area contributed by atoms with Crippen molar-refractivity contribution >= 4 is 11.8 Å². The zero-order chi connectivity index (χ0) is 15.4. The van der Waals surface area contributed by atoms with Crippen LogP contribution in [-0.2, 0) is 9.59 Å². The summed E-state index contributed by atoms with van der Waals surface area (Å²) in [4.78, 5) is 26.5. The Morgan fingerprint density at radius 3 is 2.40 bits per heavy atom. The summed E-state index contributed by atoms with van der Waals surface area (Å²) < 4.78 is 0. The Bertz CT molecular complexity index is 417. The number of nitrogens with zero attached hydrogens (tertiary/aromatic N) is 2. The Kier molecular flexibility index (Phi) is 5.15. The Morgan fingerprint density at radius 2 is 1.95 bits per heavy atom. The van der Waals surface area contributed by atoms with Crippen LogP contribution in [-0.4, -0.2) is 35.3 Å². The third kappa shape index (κ3) is 2.79. The second-order valence-corrected chi connectivity index (χ2v) is 5.97. The molecule has 0 bridgehead atoms. The fourth-order valence-electron chi connectivity index (χ4n) is 2.87. The molecule has 2 amide bonds. The van der Waals surface area contributed by atoms with E-state index in [0.29, 0.717) is 25.9 Å². The number of carbonyl (C=O) groups excluding carboxylic acids is 2. The highest BCUT2D eigenvalue weighted by atomic mass is 16.2. The minimum Gasteiger partial charge on any atom is -0.352 e. The lowest BCUT2D eigenvalue weighted by molar-refractivity contribution is -0.155. The van der Waals surface area contributed by atoms with Crippen molar-refractivity contribution < 1.29 is 9.59 Å².